The van der Waals surface area contributed by atoms with Crippen LogP contribution in [0.1, 0.15) is 18.4 Å². The maximum absolute atomic E-state index is 12.5. The van der Waals surface area contributed by atoms with Crippen LogP contribution >= 0.6 is 11.6 Å². The number of phenolic OH excluding ortho intramolecular Hbond substituents is 1. The Labute approximate surface area is 171 Å². The summed E-state index contributed by atoms with van der Waals surface area (Å²) in [5, 5.41) is 26.7. The lowest BCUT2D eigenvalue weighted by Crippen LogP contribution is -2.25. The molecule has 0 amide bonds. The molecule has 2 aromatic carbocycles. The third-order valence-electron chi connectivity index (χ3n) is 4.17. The van der Waals surface area contributed by atoms with Gasteiger partial charge in [0.1, 0.15) is 22.1 Å². The molecule has 1 aromatic heterocycles. The molecule has 1 heterocycles. The molecular formula is C17H17ClN6O4S. The molecule has 0 saturated heterocycles. The standard InChI is InChI=1S/C17H17ClN6O4S/c1-9-6-11(19-17-20-23-24-21-17)7-13(18)16(9)28-12-4-5-14(25)15(8-12)29(26,27)22-10-2-3-10/h4-8,10,22,25H,2-3H2,1H3,(H2,19,20,21,23,24). The number of aromatic amines is 1. The van der Waals surface area contributed by atoms with Crippen molar-refractivity contribution in [3.05, 3.63) is 40.9 Å². The summed E-state index contributed by atoms with van der Waals surface area (Å²) in [7, 11) is -3.84. The Bertz CT molecular complexity index is 1130. The molecule has 3 aromatic rings. The second-order valence-electron chi connectivity index (χ2n) is 6.59. The maximum atomic E-state index is 12.5. The van der Waals surface area contributed by atoms with E-state index < -0.39 is 10.0 Å². The number of rotatable bonds is 7. The van der Waals surface area contributed by atoms with Gasteiger partial charge in [-0.3, -0.25) is 0 Å². The minimum Gasteiger partial charge on any atom is -0.507 e. The van der Waals surface area contributed by atoms with Gasteiger partial charge in [0.15, 0.2) is 0 Å². The van der Waals surface area contributed by atoms with Crippen LogP contribution in [-0.2, 0) is 10.0 Å². The minimum atomic E-state index is -3.84. The van der Waals surface area contributed by atoms with Crippen LogP contribution in [0.3, 0.4) is 0 Å². The van der Waals surface area contributed by atoms with Crippen molar-refractivity contribution in [2.24, 2.45) is 0 Å². The number of halogens is 1. The third kappa shape index (κ3) is 4.42. The summed E-state index contributed by atoms with van der Waals surface area (Å²) in [5.41, 5.74) is 1.32. The van der Waals surface area contributed by atoms with Crippen LogP contribution in [0.15, 0.2) is 35.2 Å². The number of hydrogen-bond donors (Lipinski definition) is 4. The van der Waals surface area contributed by atoms with E-state index in [1.165, 1.54) is 18.2 Å². The lowest BCUT2D eigenvalue weighted by atomic mass is 10.2. The lowest BCUT2D eigenvalue weighted by Gasteiger charge is -2.14. The number of sulfonamides is 1. The summed E-state index contributed by atoms with van der Waals surface area (Å²) >= 11 is 6.35. The van der Waals surface area contributed by atoms with Crippen LogP contribution < -0.4 is 14.8 Å². The quantitative estimate of drug-likeness (QED) is 0.442. The van der Waals surface area contributed by atoms with Crippen molar-refractivity contribution in [3.63, 3.8) is 0 Å². The fourth-order valence-electron chi connectivity index (χ4n) is 2.65. The first kappa shape index (κ1) is 19.4. The number of tetrazole rings is 1. The number of benzene rings is 2. The summed E-state index contributed by atoms with van der Waals surface area (Å²) < 4.78 is 33.3. The lowest BCUT2D eigenvalue weighted by molar-refractivity contribution is 0.447. The number of aryl methyl sites for hydroxylation is 1. The minimum absolute atomic E-state index is 0.0834. The van der Waals surface area contributed by atoms with Crippen LogP contribution in [-0.4, -0.2) is 40.2 Å². The largest absolute Gasteiger partial charge is 0.507 e. The van der Waals surface area contributed by atoms with Gasteiger partial charge in [-0.15, -0.1) is 5.10 Å². The fourth-order valence-corrected chi connectivity index (χ4v) is 4.37. The van der Waals surface area contributed by atoms with Gasteiger partial charge in [-0.25, -0.2) is 13.1 Å². The molecule has 0 aliphatic heterocycles. The van der Waals surface area contributed by atoms with Gasteiger partial charge in [0.2, 0.25) is 10.0 Å². The SMILES string of the molecule is Cc1cc(Nc2nn[nH]n2)cc(Cl)c1Oc1ccc(O)c(S(=O)(=O)NC2CC2)c1. The van der Waals surface area contributed by atoms with Gasteiger partial charge in [-0.2, -0.15) is 5.21 Å². The van der Waals surface area contributed by atoms with Crippen molar-refractivity contribution in [3.8, 4) is 17.2 Å². The molecule has 1 fully saturated rings. The first-order chi connectivity index (χ1) is 13.8. The molecular weight excluding hydrogens is 420 g/mol. The van der Waals surface area contributed by atoms with Crippen LogP contribution in [0.2, 0.25) is 5.02 Å². The monoisotopic (exact) mass is 436 g/mol. The highest BCUT2D eigenvalue weighted by atomic mass is 35.5. The second kappa shape index (κ2) is 7.50. The molecule has 29 heavy (non-hydrogen) atoms. The second-order valence-corrected chi connectivity index (χ2v) is 8.68. The number of ether oxygens (including phenoxy) is 1. The number of phenols is 1. The van der Waals surface area contributed by atoms with Gasteiger partial charge >= 0.3 is 0 Å². The summed E-state index contributed by atoms with van der Waals surface area (Å²) in [4.78, 5) is -0.244. The summed E-state index contributed by atoms with van der Waals surface area (Å²) in [6.07, 6.45) is 1.57. The number of aromatic hydroxyl groups is 1. The normalized spacial score (nSPS) is 14.0. The van der Waals surface area contributed by atoms with E-state index in [0.29, 0.717) is 22.0 Å². The van der Waals surface area contributed by atoms with E-state index in [0.717, 1.165) is 12.8 Å². The van der Waals surface area contributed by atoms with Gasteiger partial charge < -0.3 is 15.2 Å². The summed E-state index contributed by atoms with van der Waals surface area (Å²) in [5.74, 6) is 0.510. The molecule has 4 rings (SSSR count). The van der Waals surface area contributed by atoms with E-state index in [1.807, 2.05) is 0 Å². The zero-order valence-electron chi connectivity index (χ0n) is 15.2. The van der Waals surface area contributed by atoms with E-state index >= 15 is 0 Å². The Morgan fingerprint density at radius 2 is 2.07 bits per heavy atom. The summed E-state index contributed by atoms with van der Waals surface area (Å²) in [6, 6.07) is 7.30. The number of aromatic nitrogens is 4. The predicted octanol–water partition coefficient (Wildman–Crippen LogP) is 2.84. The Morgan fingerprint density at radius 3 is 2.72 bits per heavy atom. The van der Waals surface area contributed by atoms with Crippen molar-refractivity contribution < 1.29 is 18.3 Å². The van der Waals surface area contributed by atoms with Crippen molar-refractivity contribution in [2.75, 3.05) is 5.32 Å². The van der Waals surface area contributed by atoms with Gasteiger partial charge in [-0.05, 0) is 54.8 Å². The number of anilines is 2. The molecule has 0 unspecified atom stereocenters. The van der Waals surface area contributed by atoms with E-state index in [9.17, 15) is 13.5 Å². The van der Waals surface area contributed by atoms with E-state index in [2.05, 4.69) is 30.7 Å². The van der Waals surface area contributed by atoms with Gasteiger partial charge in [0.25, 0.3) is 5.95 Å². The molecule has 0 atom stereocenters. The van der Waals surface area contributed by atoms with Crippen molar-refractivity contribution in [2.45, 2.75) is 30.7 Å². The van der Waals surface area contributed by atoms with E-state index in [-0.39, 0.29) is 28.4 Å². The number of H-pyrrole nitrogens is 1. The average molecular weight is 437 g/mol. The molecule has 0 radical (unpaired) electrons. The van der Waals surface area contributed by atoms with Crippen molar-refractivity contribution in [1.82, 2.24) is 25.3 Å². The van der Waals surface area contributed by atoms with Gasteiger partial charge in [0.05, 0.1) is 5.02 Å². The highest BCUT2D eigenvalue weighted by Gasteiger charge is 2.30. The first-order valence-corrected chi connectivity index (χ1v) is 10.5. The third-order valence-corrected chi connectivity index (χ3v) is 6.00. The number of nitrogens with zero attached hydrogens (tertiary/aromatic N) is 3. The van der Waals surface area contributed by atoms with Crippen LogP contribution in [0, 0.1) is 6.92 Å². The highest BCUT2D eigenvalue weighted by Crippen LogP contribution is 2.38. The molecule has 152 valence electrons. The Kier molecular flexibility index (Phi) is 5.03. The Morgan fingerprint density at radius 1 is 1.28 bits per heavy atom. The van der Waals surface area contributed by atoms with Gasteiger partial charge in [0, 0.05) is 17.8 Å². The Hall–Kier alpha value is -2.89. The molecule has 1 aliphatic rings. The molecule has 1 saturated carbocycles. The number of hydrogen-bond acceptors (Lipinski definition) is 8. The topological polar surface area (TPSA) is 142 Å². The highest BCUT2D eigenvalue weighted by molar-refractivity contribution is 7.89. The zero-order chi connectivity index (χ0) is 20.6. The Balaban J connectivity index is 1.59. The number of nitrogens with one attached hydrogen (secondary N) is 3. The maximum Gasteiger partial charge on any atom is 0.267 e. The average Bonchev–Trinajstić information content (AvgIpc) is 3.30. The van der Waals surface area contributed by atoms with E-state index in [1.54, 1.807) is 19.1 Å². The first-order valence-electron chi connectivity index (χ1n) is 8.65. The van der Waals surface area contributed by atoms with Crippen molar-refractivity contribution >= 4 is 33.3 Å². The summed E-state index contributed by atoms with van der Waals surface area (Å²) in [6.45, 7) is 1.79. The van der Waals surface area contributed by atoms with Gasteiger partial charge in [-0.1, -0.05) is 16.7 Å². The zero-order valence-corrected chi connectivity index (χ0v) is 16.8. The molecule has 12 heteroatoms. The van der Waals surface area contributed by atoms with E-state index in [4.69, 9.17) is 16.3 Å². The smallest absolute Gasteiger partial charge is 0.267 e. The fraction of sp³-hybridized carbons (Fsp3) is 0.235. The molecule has 4 N–H and O–H groups in total. The van der Waals surface area contributed by atoms with Crippen LogP contribution in [0.5, 0.6) is 17.2 Å². The van der Waals surface area contributed by atoms with Crippen molar-refractivity contribution in [1.29, 1.82) is 0 Å². The molecule has 10 nitrogen and oxygen atoms in total. The molecule has 0 spiro atoms. The van der Waals surface area contributed by atoms with Crippen LogP contribution in [0.25, 0.3) is 0 Å². The molecule has 0 bridgehead atoms. The van der Waals surface area contributed by atoms with Crippen LogP contribution in [0.4, 0.5) is 11.6 Å². The molecule has 1 aliphatic carbocycles. The predicted molar refractivity (Wildman–Crippen MR) is 105 cm³/mol.